The molecule has 0 amide bonds. The van der Waals surface area contributed by atoms with E-state index in [1.54, 1.807) is 0 Å². The molecule has 0 spiro atoms. The maximum absolute atomic E-state index is 3.62. The fourth-order valence-corrected chi connectivity index (χ4v) is 3.41. The van der Waals surface area contributed by atoms with E-state index >= 15 is 0 Å². The van der Waals surface area contributed by atoms with Gasteiger partial charge in [-0.05, 0) is 44.8 Å². The first-order valence-electron chi connectivity index (χ1n) is 6.60. The molecule has 0 aliphatic carbocycles. The minimum Gasteiger partial charge on any atom is -0.312 e. The van der Waals surface area contributed by atoms with E-state index in [0.717, 1.165) is 12.0 Å². The molecule has 3 saturated heterocycles. The summed E-state index contributed by atoms with van der Waals surface area (Å²) in [6.07, 6.45) is 4.25. The zero-order valence-electron chi connectivity index (χ0n) is 9.62. The molecule has 86 valence electrons. The van der Waals surface area contributed by atoms with Crippen molar-refractivity contribution in [3.8, 4) is 0 Å². The predicted molar refractivity (Wildman–Crippen MR) is 62.0 cm³/mol. The topological polar surface area (TPSA) is 18.5 Å². The molecule has 0 saturated carbocycles. The number of nitrogens with one attached hydrogen (secondary N) is 1. The monoisotopic (exact) mass is 209 g/mol. The van der Waals surface area contributed by atoms with E-state index < -0.39 is 0 Å². The molecule has 3 heteroatoms. The minimum atomic E-state index is 0.823. The summed E-state index contributed by atoms with van der Waals surface area (Å²) in [6, 6.07) is 0.823. The Morgan fingerprint density at radius 3 is 2.60 bits per heavy atom. The van der Waals surface area contributed by atoms with E-state index in [2.05, 4.69) is 15.1 Å². The lowest BCUT2D eigenvalue weighted by Crippen LogP contribution is -2.35. The van der Waals surface area contributed by atoms with E-state index in [0.29, 0.717) is 0 Å². The van der Waals surface area contributed by atoms with Gasteiger partial charge in [0.25, 0.3) is 0 Å². The van der Waals surface area contributed by atoms with Crippen molar-refractivity contribution in [3.05, 3.63) is 0 Å². The number of hydrogen-bond acceptors (Lipinski definition) is 3. The van der Waals surface area contributed by atoms with Crippen molar-refractivity contribution < 1.29 is 0 Å². The standard InChI is InChI=1S/C12H23N3/c1-2-6-14(5-1)7-8-15-9-11-3-4-13-12(11)10-15/h11-13H,1-10H2/t11-,12+/m0/s1. The lowest BCUT2D eigenvalue weighted by atomic mass is 10.1. The van der Waals surface area contributed by atoms with Crippen molar-refractivity contribution in [2.45, 2.75) is 25.3 Å². The van der Waals surface area contributed by atoms with Crippen LogP contribution in [0.3, 0.4) is 0 Å². The Bertz CT molecular complexity index is 201. The largest absolute Gasteiger partial charge is 0.312 e. The van der Waals surface area contributed by atoms with E-state index in [9.17, 15) is 0 Å². The summed E-state index contributed by atoms with van der Waals surface area (Å²) in [4.78, 5) is 5.29. The number of rotatable bonds is 3. The molecule has 0 aromatic carbocycles. The lowest BCUT2D eigenvalue weighted by Gasteiger charge is -2.21. The Labute approximate surface area is 92.8 Å². The first-order valence-corrected chi connectivity index (χ1v) is 6.60. The third-order valence-corrected chi connectivity index (χ3v) is 4.37. The maximum Gasteiger partial charge on any atom is 0.0235 e. The van der Waals surface area contributed by atoms with Gasteiger partial charge in [-0.1, -0.05) is 0 Å². The summed E-state index contributed by atoms with van der Waals surface area (Å²) in [6.45, 7) is 9.21. The Morgan fingerprint density at radius 2 is 1.80 bits per heavy atom. The SMILES string of the molecule is C1CCN(CCN2C[C@@H]3CCN[C@@H]3C2)C1. The van der Waals surface area contributed by atoms with Crippen molar-refractivity contribution >= 4 is 0 Å². The average molecular weight is 209 g/mol. The van der Waals surface area contributed by atoms with Gasteiger partial charge in [0.2, 0.25) is 0 Å². The van der Waals surface area contributed by atoms with Crippen molar-refractivity contribution in [1.82, 2.24) is 15.1 Å². The zero-order chi connectivity index (χ0) is 10.1. The quantitative estimate of drug-likeness (QED) is 0.725. The minimum absolute atomic E-state index is 0.823. The molecule has 15 heavy (non-hydrogen) atoms. The number of hydrogen-bond donors (Lipinski definition) is 1. The maximum atomic E-state index is 3.62. The summed E-state index contributed by atoms with van der Waals surface area (Å²) >= 11 is 0. The van der Waals surface area contributed by atoms with E-state index in [1.165, 1.54) is 65.1 Å². The van der Waals surface area contributed by atoms with Gasteiger partial charge < -0.3 is 15.1 Å². The van der Waals surface area contributed by atoms with Crippen molar-refractivity contribution in [2.75, 3.05) is 45.8 Å². The highest BCUT2D eigenvalue weighted by Crippen LogP contribution is 2.24. The highest BCUT2D eigenvalue weighted by atomic mass is 15.2. The summed E-state index contributed by atoms with van der Waals surface area (Å²) < 4.78 is 0. The van der Waals surface area contributed by atoms with Crippen LogP contribution in [0.1, 0.15) is 19.3 Å². The highest BCUT2D eigenvalue weighted by Gasteiger charge is 2.35. The molecular formula is C12H23N3. The van der Waals surface area contributed by atoms with E-state index in [1.807, 2.05) is 0 Å². The first-order chi connectivity index (χ1) is 7.42. The van der Waals surface area contributed by atoms with Crippen LogP contribution in [0, 0.1) is 5.92 Å². The van der Waals surface area contributed by atoms with Crippen LogP contribution < -0.4 is 5.32 Å². The van der Waals surface area contributed by atoms with Crippen molar-refractivity contribution in [1.29, 1.82) is 0 Å². The molecule has 3 fully saturated rings. The molecule has 0 bridgehead atoms. The van der Waals surface area contributed by atoms with Gasteiger partial charge in [0.1, 0.15) is 0 Å². The fraction of sp³-hybridized carbons (Fsp3) is 1.00. The molecular weight excluding hydrogens is 186 g/mol. The van der Waals surface area contributed by atoms with Gasteiger partial charge in [-0.2, -0.15) is 0 Å². The molecule has 3 aliphatic rings. The van der Waals surface area contributed by atoms with Crippen LogP contribution in [0.5, 0.6) is 0 Å². The zero-order valence-corrected chi connectivity index (χ0v) is 9.62. The number of nitrogens with zero attached hydrogens (tertiary/aromatic N) is 2. The first kappa shape index (κ1) is 10.1. The van der Waals surface area contributed by atoms with Crippen LogP contribution in [-0.4, -0.2) is 61.7 Å². The molecule has 0 radical (unpaired) electrons. The third kappa shape index (κ3) is 2.19. The Kier molecular flexibility index (Phi) is 2.95. The Morgan fingerprint density at radius 1 is 1.00 bits per heavy atom. The van der Waals surface area contributed by atoms with E-state index in [4.69, 9.17) is 0 Å². The van der Waals surface area contributed by atoms with Crippen molar-refractivity contribution in [2.24, 2.45) is 5.92 Å². The second kappa shape index (κ2) is 4.40. The molecule has 2 atom stereocenters. The Hall–Kier alpha value is -0.120. The van der Waals surface area contributed by atoms with Crippen molar-refractivity contribution in [3.63, 3.8) is 0 Å². The molecule has 3 nitrogen and oxygen atoms in total. The van der Waals surface area contributed by atoms with Crippen LogP contribution in [0.4, 0.5) is 0 Å². The summed E-state index contributed by atoms with van der Waals surface area (Å²) in [5, 5.41) is 3.62. The predicted octanol–water partition coefficient (Wildman–Crippen LogP) is 0.376. The summed E-state index contributed by atoms with van der Waals surface area (Å²) in [5.41, 5.74) is 0. The fourth-order valence-electron chi connectivity index (χ4n) is 3.41. The van der Waals surface area contributed by atoms with Gasteiger partial charge >= 0.3 is 0 Å². The smallest absolute Gasteiger partial charge is 0.0235 e. The molecule has 3 rings (SSSR count). The van der Waals surface area contributed by atoms with Crippen LogP contribution in [-0.2, 0) is 0 Å². The average Bonchev–Trinajstić information content (AvgIpc) is 2.91. The van der Waals surface area contributed by atoms with Gasteiger partial charge in [0, 0.05) is 32.2 Å². The third-order valence-electron chi connectivity index (χ3n) is 4.37. The normalized spacial score (nSPS) is 37.6. The molecule has 3 aliphatic heterocycles. The lowest BCUT2D eigenvalue weighted by molar-refractivity contribution is 0.247. The van der Waals surface area contributed by atoms with Crippen LogP contribution in [0.25, 0.3) is 0 Å². The van der Waals surface area contributed by atoms with Crippen LogP contribution in [0.15, 0.2) is 0 Å². The van der Waals surface area contributed by atoms with E-state index in [-0.39, 0.29) is 0 Å². The van der Waals surface area contributed by atoms with Gasteiger partial charge in [0.05, 0.1) is 0 Å². The van der Waals surface area contributed by atoms with Gasteiger partial charge in [-0.3, -0.25) is 0 Å². The second-order valence-electron chi connectivity index (χ2n) is 5.42. The van der Waals surface area contributed by atoms with Gasteiger partial charge in [-0.25, -0.2) is 0 Å². The Balaban J connectivity index is 1.41. The summed E-state index contributed by atoms with van der Waals surface area (Å²) in [5.74, 6) is 0.962. The highest BCUT2D eigenvalue weighted by molar-refractivity contribution is 4.93. The second-order valence-corrected chi connectivity index (χ2v) is 5.42. The molecule has 0 unspecified atom stereocenters. The van der Waals surface area contributed by atoms with Gasteiger partial charge in [-0.15, -0.1) is 0 Å². The molecule has 3 heterocycles. The summed E-state index contributed by atoms with van der Waals surface area (Å²) in [7, 11) is 0. The van der Waals surface area contributed by atoms with Crippen LogP contribution >= 0.6 is 0 Å². The molecule has 1 N–H and O–H groups in total. The number of fused-ring (bicyclic) bond motifs is 1. The molecule has 0 aromatic rings. The molecule has 0 aromatic heterocycles. The van der Waals surface area contributed by atoms with Crippen LogP contribution in [0.2, 0.25) is 0 Å². The number of likely N-dealkylation sites (tertiary alicyclic amines) is 2. The van der Waals surface area contributed by atoms with Gasteiger partial charge in [0.15, 0.2) is 0 Å².